The lowest BCUT2D eigenvalue weighted by Gasteiger charge is -2.11. The molecule has 3 aromatic rings. The second-order valence-electron chi connectivity index (χ2n) is 6.34. The maximum atomic E-state index is 12.6. The smallest absolute Gasteiger partial charge is 0.325 e. The fourth-order valence-electron chi connectivity index (χ4n) is 2.73. The zero-order chi connectivity index (χ0) is 22.0. The molecule has 1 N–H and O–H groups in total. The van der Waals surface area contributed by atoms with Gasteiger partial charge in [0.25, 0.3) is 11.2 Å². The topological polar surface area (TPSA) is 142 Å². The number of carbonyl (C=O) groups excluding carboxylic acids is 1. The molecule has 0 aliphatic carbocycles. The number of hydrogen-bond donors (Lipinski definition) is 1. The number of hydrogen-bond acceptors (Lipinski definition) is 8. The Labute approximate surface area is 173 Å². The number of non-ortho nitro benzene ring substituents is 1. The Morgan fingerprint density at radius 2 is 1.83 bits per heavy atom. The lowest BCUT2D eigenvalue weighted by molar-refractivity contribution is -0.384. The number of aryl methyl sites for hydroxylation is 2. The van der Waals surface area contributed by atoms with Crippen molar-refractivity contribution in [2.45, 2.75) is 18.4 Å². The van der Waals surface area contributed by atoms with Crippen LogP contribution >= 0.6 is 11.8 Å². The lowest BCUT2D eigenvalue weighted by Crippen LogP contribution is -2.37. The van der Waals surface area contributed by atoms with Crippen molar-refractivity contribution in [2.75, 3.05) is 11.1 Å². The summed E-state index contributed by atoms with van der Waals surface area (Å²) in [6, 6.07) is 5.44. The van der Waals surface area contributed by atoms with Gasteiger partial charge in [0.15, 0.2) is 5.65 Å². The second kappa shape index (κ2) is 8.45. The van der Waals surface area contributed by atoms with Crippen LogP contribution in [0.2, 0.25) is 0 Å². The molecule has 3 rings (SSSR count). The second-order valence-corrected chi connectivity index (χ2v) is 7.31. The number of rotatable bonds is 6. The average molecular weight is 430 g/mol. The third kappa shape index (κ3) is 4.08. The monoisotopic (exact) mass is 430 g/mol. The van der Waals surface area contributed by atoms with Crippen LogP contribution < -0.4 is 16.6 Å². The first kappa shape index (κ1) is 21.2. The van der Waals surface area contributed by atoms with E-state index in [0.717, 1.165) is 16.3 Å². The SMILES string of the molecule is CCc1nc(SCC(=O)Nc2ccc([N+](=O)[O-])cc2)c2c(=O)n(C)c(=O)n(C)c2n1. The highest BCUT2D eigenvalue weighted by Crippen LogP contribution is 2.23. The zero-order valence-electron chi connectivity index (χ0n) is 16.4. The fourth-order valence-corrected chi connectivity index (χ4v) is 3.56. The van der Waals surface area contributed by atoms with E-state index in [4.69, 9.17) is 0 Å². The first-order chi connectivity index (χ1) is 14.2. The highest BCUT2D eigenvalue weighted by atomic mass is 32.2. The minimum absolute atomic E-state index is 0.0573. The van der Waals surface area contributed by atoms with E-state index in [0.29, 0.717) is 23.0 Å². The van der Waals surface area contributed by atoms with Crippen molar-refractivity contribution < 1.29 is 9.72 Å². The van der Waals surface area contributed by atoms with Crippen molar-refractivity contribution in [3.8, 4) is 0 Å². The van der Waals surface area contributed by atoms with E-state index in [-0.39, 0.29) is 28.4 Å². The van der Waals surface area contributed by atoms with Gasteiger partial charge < -0.3 is 5.32 Å². The number of thioether (sulfide) groups is 1. The van der Waals surface area contributed by atoms with Gasteiger partial charge >= 0.3 is 5.69 Å². The molecule has 11 nitrogen and oxygen atoms in total. The van der Waals surface area contributed by atoms with E-state index in [1.54, 1.807) is 0 Å². The van der Waals surface area contributed by atoms with Gasteiger partial charge in [0.1, 0.15) is 16.2 Å². The molecule has 0 aliphatic rings. The van der Waals surface area contributed by atoms with E-state index in [1.165, 1.54) is 42.9 Å². The summed E-state index contributed by atoms with van der Waals surface area (Å²) in [7, 11) is 2.89. The van der Waals surface area contributed by atoms with Crippen LogP contribution in [0.15, 0.2) is 38.9 Å². The van der Waals surface area contributed by atoms with E-state index in [2.05, 4.69) is 15.3 Å². The molecule has 2 aromatic heterocycles. The number of nitrogens with one attached hydrogen (secondary N) is 1. The summed E-state index contributed by atoms with van der Waals surface area (Å²) in [6.07, 6.45) is 0.488. The van der Waals surface area contributed by atoms with Crippen LogP contribution in [-0.2, 0) is 25.3 Å². The van der Waals surface area contributed by atoms with Crippen molar-refractivity contribution >= 4 is 40.1 Å². The molecular weight excluding hydrogens is 412 g/mol. The third-order valence-corrected chi connectivity index (χ3v) is 5.31. The molecule has 0 saturated heterocycles. The van der Waals surface area contributed by atoms with Gasteiger partial charge in [-0.25, -0.2) is 14.8 Å². The van der Waals surface area contributed by atoms with Gasteiger partial charge in [-0.3, -0.25) is 28.8 Å². The molecule has 0 spiro atoms. The molecule has 30 heavy (non-hydrogen) atoms. The summed E-state index contributed by atoms with van der Waals surface area (Å²) < 4.78 is 2.25. The van der Waals surface area contributed by atoms with Crippen molar-refractivity contribution in [1.82, 2.24) is 19.1 Å². The normalized spacial score (nSPS) is 10.9. The summed E-state index contributed by atoms with van der Waals surface area (Å²) in [5.74, 6) is 0.0162. The van der Waals surface area contributed by atoms with Gasteiger partial charge in [-0.1, -0.05) is 18.7 Å². The minimum atomic E-state index is -0.533. The molecule has 0 saturated carbocycles. The number of benzene rings is 1. The van der Waals surface area contributed by atoms with Gasteiger partial charge in [-0.15, -0.1) is 0 Å². The lowest BCUT2D eigenvalue weighted by atomic mass is 10.3. The highest BCUT2D eigenvalue weighted by Gasteiger charge is 2.18. The molecule has 156 valence electrons. The molecule has 0 unspecified atom stereocenters. The van der Waals surface area contributed by atoms with E-state index >= 15 is 0 Å². The van der Waals surface area contributed by atoms with Gasteiger partial charge in [0, 0.05) is 38.3 Å². The van der Waals surface area contributed by atoms with Crippen molar-refractivity contribution in [3.63, 3.8) is 0 Å². The Bertz CT molecular complexity index is 1270. The summed E-state index contributed by atoms with van der Waals surface area (Å²) >= 11 is 1.05. The number of nitrogens with zero attached hydrogens (tertiary/aromatic N) is 5. The van der Waals surface area contributed by atoms with Crippen molar-refractivity contribution in [2.24, 2.45) is 14.1 Å². The number of nitro groups is 1. The Hall–Kier alpha value is -3.54. The number of fused-ring (bicyclic) bond motifs is 1. The van der Waals surface area contributed by atoms with Crippen LogP contribution in [0.5, 0.6) is 0 Å². The van der Waals surface area contributed by atoms with E-state index in [1.807, 2.05) is 6.92 Å². The van der Waals surface area contributed by atoms with Gasteiger partial charge in [-0.2, -0.15) is 0 Å². The average Bonchev–Trinajstić information content (AvgIpc) is 2.74. The fraction of sp³-hybridized carbons (Fsp3) is 0.278. The maximum absolute atomic E-state index is 12.6. The zero-order valence-corrected chi connectivity index (χ0v) is 17.2. The largest absolute Gasteiger partial charge is 0.332 e. The van der Waals surface area contributed by atoms with Gasteiger partial charge in [0.2, 0.25) is 5.91 Å². The number of aromatic nitrogens is 4. The molecule has 1 aromatic carbocycles. The minimum Gasteiger partial charge on any atom is -0.325 e. The van der Waals surface area contributed by atoms with Crippen molar-refractivity contribution in [3.05, 3.63) is 61.0 Å². The highest BCUT2D eigenvalue weighted by molar-refractivity contribution is 8.00. The summed E-state index contributed by atoms with van der Waals surface area (Å²) in [6.45, 7) is 1.84. The molecule has 12 heteroatoms. The first-order valence-corrected chi connectivity index (χ1v) is 9.85. The number of anilines is 1. The maximum Gasteiger partial charge on any atom is 0.332 e. The number of nitro benzene ring substituents is 1. The molecule has 0 fully saturated rings. The number of carbonyl (C=O) groups is 1. The molecule has 0 aliphatic heterocycles. The first-order valence-electron chi connectivity index (χ1n) is 8.86. The standard InChI is InChI=1S/C18H18N6O5S/c1-4-12-20-15-14(17(26)23(3)18(27)22(15)2)16(21-12)30-9-13(25)19-10-5-7-11(8-6-10)24(28)29/h5-8H,4,9H2,1-3H3,(H,19,25). The summed E-state index contributed by atoms with van der Waals surface area (Å²) in [5, 5.41) is 13.8. The predicted molar refractivity (Wildman–Crippen MR) is 112 cm³/mol. The molecule has 0 bridgehead atoms. The van der Waals surface area contributed by atoms with E-state index < -0.39 is 16.2 Å². The summed E-state index contributed by atoms with van der Waals surface area (Å²) in [4.78, 5) is 56.0. The quantitative estimate of drug-likeness (QED) is 0.266. The van der Waals surface area contributed by atoms with Crippen LogP contribution in [0.3, 0.4) is 0 Å². The molecular formula is C18H18N6O5S. The van der Waals surface area contributed by atoms with Crippen LogP contribution in [0.4, 0.5) is 11.4 Å². The van der Waals surface area contributed by atoms with E-state index in [9.17, 15) is 24.5 Å². The Balaban J connectivity index is 1.88. The van der Waals surface area contributed by atoms with Crippen LogP contribution in [0.25, 0.3) is 11.0 Å². The van der Waals surface area contributed by atoms with Gasteiger partial charge in [-0.05, 0) is 12.1 Å². The molecule has 2 heterocycles. The van der Waals surface area contributed by atoms with Crippen LogP contribution in [-0.4, -0.2) is 35.7 Å². The van der Waals surface area contributed by atoms with Crippen molar-refractivity contribution in [1.29, 1.82) is 0 Å². The number of amides is 1. The Morgan fingerprint density at radius 1 is 1.17 bits per heavy atom. The summed E-state index contributed by atoms with van der Waals surface area (Å²) in [5.41, 5.74) is -0.489. The third-order valence-electron chi connectivity index (χ3n) is 4.33. The van der Waals surface area contributed by atoms with Gasteiger partial charge in [0.05, 0.1) is 10.7 Å². The Morgan fingerprint density at radius 3 is 2.43 bits per heavy atom. The molecule has 0 atom stereocenters. The van der Waals surface area contributed by atoms with Crippen LogP contribution in [0.1, 0.15) is 12.7 Å². The molecule has 0 radical (unpaired) electrons. The predicted octanol–water partition coefficient (Wildman–Crippen LogP) is 1.23. The van der Waals surface area contributed by atoms with Crippen LogP contribution in [0, 0.1) is 10.1 Å². The Kier molecular flexibility index (Phi) is 5.96. The molecule has 1 amide bonds.